The minimum atomic E-state index is 0.138. The second kappa shape index (κ2) is 8.10. The second-order valence-electron chi connectivity index (χ2n) is 5.26. The largest absolute Gasteiger partial charge is 0.355 e. The molecule has 1 amide bonds. The summed E-state index contributed by atoms with van der Waals surface area (Å²) in [5.41, 5.74) is 0.138. The summed E-state index contributed by atoms with van der Waals surface area (Å²) in [4.78, 5) is 11.9. The van der Waals surface area contributed by atoms with Crippen LogP contribution in [0.1, 0.15) is 53.4 Å². The van der Waals surface area contributed by atoms with Gasteiger partial charge in [-0.15, -0.1) is 0 Å². The summed E-state index contributed by atoms with van der Waals surface area (Å²) < 4.78 is 0. The summed E-state index contributed by atoms with van der Waals surface area (Å²) in [6, 6.07) is 0. The van der Waals surface area contributed by atoms with Crippen molar-refractivity contribution in [3.05, 3.63) is 0 Å². The van der Waals surface area contributed by atoms with Crippen molar-refractivity contribution in [2.45, 2.75) is 53.4 Å². The maximum atomic E-state index is 11.9. The number of unbranched alkanes of at least 4 members (excludes halogenated alkanes) is 1. The summed E-state index contributed by atoms with van der Waals surface area (Å²) in [5, 5.41) is 3.97. The number of carbonyl (C=O) groups is 1. The molecule has 1 atom stereocenters. The predicted molar refractivity (Wildman–Crippen MR) is 73.9 cm³/mol. The summed E-state index contributed by atoms with van der Waals surface area (Å²) in [6.07, 6.45) is 4.28. The van der Waals surface area contributed by atoms with E-state index in [1.165, 1.54) is 0 Å². The van der Waals surface area contributed by atoms with Gasteiger partial charge in [0.25, 0.3) is 0 Å². The van der Waals surface area contributed by atoms with Crippen LogP contribution in [0.25, 0.3) is 0 Å². The van der Waals surface area contributed by atoms with Crippen molar-refractivity contribution in [3.8, 4) is 0 Å². The fraction of sp³-hybridized carbons (Fsp3) is 0.923. The van der Waals surface area contributed by atoms with Crippen molar-refractivity contribution in [1.82, 2.24) is 5.32 Å². The zero-order valence-corrected chi connectivity index (χ0v) is 12.7. The van der Waals surface area contributed by atoms with Crippen molar-refractivity contribution < 1.29 is 4.79 Å². The molecule has 1 N–H and O–H groups in total. The van der Waals surface area contributed by atoms with Gasteiger partial charge < -0.3 is 5.32 Å². The molecule has 96 valence electrons. The van der Waals surface area contributed by atoms with Gasteiger partial charge in [0.1, 0.15) is 0 Å². The van der Waals surface area contributed by atoms with Gasteiger partial charge in [-0.25, -0.2) is 0 Å². The maximum Gasteiger partial charge on any atom is 0.223 e. The predicted octanol–water partition coefficient (Wildman–Crippen LogP) is 3.74. The van der Waals surface area contributed by atoms with E-state index in [0.717, 1.165) is 37.6 Å². The molecule has 0 saturated heterocycles. The Labute approximate surface area is 109 Å². The van der Waals surface area contributed by atoms with E-state index >= 15 is 0 Å². The Morgan fingerprint density at radius 1 is 1.38 bits per heavy atom. The molecular formula is C13H26BrNO. The van der Waals surface area contributed by atoms with Crippen LogP contribution in [0.4, 0.5) is 0 Å². The van der Waals surface area contributed by atoms with Crippen LogP contribution in [0.3, 0.4) is 0 Å². The van der Waals surface area contributed by atoms with Gasteiger partial charge in [0.2, 0.25) is 5.91 Å². The molecule has 0 saturated carbocycles. The third-order valence-corrected chi connectivity index (χ3v) is 4.39. The topological polar surface area (TPSA) is 29.1 Å². The number of halogens is 1. The number of amides is 1. The quantitative estimate of drug-likeness (QED) is 0.678. The molecule has 16 heavy (non-hydrogen) atoms. The van der Waals surface area contributed by atoms with E-state index in [1.807, 2.05) is 0 Å². The number of hydrogen-bond donors (Lipinski definition) is 1. The lowest BCUT2D eigenvalue weighted by molar-refractivity contribution is -0.125. The molecule has 0 aliphatic carbocycles. The highest BCUT2D eigenvalue weighted by Crippen LogP contribution is 2.18. The van der Waals surface area contributed by atoms with Gasteiger partial charge >= 0.3 is 0 Å². The third-order valence-electron chi connectivity index (χ3n) is 2.87. The van der Waals surface area contributed by atoms with Crippen LogP contribution in [-0.2, 0) is 4.79 Å². The first kappa shape index (κ1) is 16.0. The van der Waals surface area contributed by atoms with E-state index in [2.05, 4.69) is 48.9 Å². The van der Waals surface area contributed by atoms with Crippen molar-refractivity contribution in [2.24, 2.45) is 11.3 Å². The lowest BCUT2D eigenvalue weighted by Crippen LogP contribution is -2.38. The van der Waals surface area contributed by atoms with Crippen LogP contribution in [0.5, 0.6) is 0 Å². The maximum absolute atomic E-state index is 11.9. The Bertz CT molecular complexity index is 204. The molecule has 0 aromatic carbocycles. The molecule has 1 unspecified atom stereocenters. The van der Waals surface area contributed by atoms with E-state index < -0.39 is 0 Å². The van der Waals surface area contributed by atoms with Crippen LogP contribution in [0.2, 0.25) is 0 Å². The van der Waals surface area contributed by atoms with Gasteiger partial charge in [-0.3, -0.25) is 4.79 Å². The highest BCUT2D eigenvalue weighted by atomic mass is 79.9. The van der Waals surface area contributed by atoms with E-state index in [0.29, 0.717) is 0 Å². The number of nitrogens with one attached hydrogen (secondary N) is 1. The number of alkyl halides is 1. The normalized spacial score (nSPS) is 13.6. The smallest absolute Gasteiger partial charge is 0.223 e. The monoisotopic (exact) mass is 291 g/mol. The fourth-order valence-electron chi connectivity index (χ4n) is 1.49. The average Bonchev–Trinajstić information content (AvgIpc) is 2.27. The minimum Gasteiger partial charge on any atom is -0.355 e. The van der Waals surface area contributed by atoms with E-state index in [1.54, 1.807) is 0 Å². The van der Waals surface area contributed by atoms with Crippen LogP contribution in [0, 0.1) is 11.3 Å². The molecular weight excluding hydrogens is 266 g/mol. The molecule has 0 radical (unpaired) electrons. The lowest BCUT2D eigenvalue weighted by atomic mass is 9.95. The van der Waals surface area contributed by atoms with Crippen molar-refractivity contribution in [3.63, 3.8) is 0 Å². The van der Waals surface area contributed by atoms with Gasteiger partial charge in [-0.1, -0.05) is 56.5 Å². The van der Waals surface area contributed by atoms with Gasteiger partial charge in [-0.2, -0.15) is 0 Å². The van der Waals surface area contributed by atoms with E-state index in [4.69, 9.17) is 0 Å². The van der Waals surface area contributed by atoms with Gasteiger partial charge in [0.05, 0.1) is 0 Å². The first-order chi connectivity index (χ1) is 7.46. The Balaban J connectivity index is 4.01. The Kier molecular flexibility index (Phi) is 8.08. The van der Waals surface area contributed by atoms with E-state index in [9.17, 15) is 4.79 Å². The summed E-state index contributed by atoms with van der Waals surface area (Å²) >= 11 is 3.47. The van der Waals surface area contributed by atoms with Crippen LogP contribution >= 0.6 is 15.9 Å². The lowest BCUT2D eigenvalue weighted by Gasteiger charge is -2.23. The van der Waals surface area contributed by atoms with Gasteiger partial charge in [-0.05, 0) is 18.3 Å². The number of carbonyl (C=O) groups excluding carboxylic acids is 1. The molecule has 0 aliphatic rings. The molecule has 0 bridgehead atoms. The standard InChI is InChI=1S/C13H26BrNO/c1-5-7-8-11(6-2)12(16)15-10-13(3,4)9-14/h11H,5-10H2,1-4H3,(H,15,16). The SMILES string of the molecule is CCCCC(CC)C(=O)NCC(C)(C)CBr. The van der Waals surface area contributed by atoms with Crippen molar-refractivity contribution in [2.75, 3.05) is 11.9 Å². The highest BCUT2D eigenvalue weighted by Gasteiger charge is 2.20. The first-order valence-electron chi connectivity index (χ1n) is 6.30. The molecule has 0 heterocycles. The molecule has 0 fully saturated rings. The van der Waals surface area contributed by atoms with Crippen molar-refractivity contribution in [1.29, 1.82) is 0 Å². The van der Waals surface area contributed by atoms with Crippen molar-refractivity contribution >= 4 is 21.8 Å². The van der Waals surface area contributed by atoms with Crippen LogP contribution < -0.4 is 5.32 Å². The molecule has 0 aliphatic heterocycles. The first-order valence-corrected chi connectivity index (χ1v) is 7.42. The van der Waals surface area contributed by atoms with Crippen LogP contribution in [-0.4, -0.2) is 17.8 Å². The average molecular weight is 292 g/mol. The molecule has 0 aromatic heterocycles. The molecule has 2 nitrogen and oxygen atoms in total. The summed E-state index contributed by atoms with van der Waals surface area (Å²) in [5.74, 6) is 0.427. The van der Waals surface area contributed by atoms with Gasteiger partial charge in [0.15, 0.2) is 0 Å². The minimum absolute atomic E-state index is 0.138. The molecule has 0 spiro atoms. The third kappa shape index (κ3) is 6.51. The second-order valence-corrected chi connectivity index (χ2v) is 5.82. The Morgan fingerprint density at radius 3 is 2.44 bits per heavy atom. The Morgan fingerprint density at radius 2 is 2.00 bits per heavy atom. The molecule has 0 aromatic rings. The molecule has 0 rings (SSSR count). The van der Waals surface area contributed by atoms with E-state index in [-0.39, 0.29) is 17.2 Å². The summed E-state index contributed by atoms with van der Waals surface area (Å²) in [6.45, 7) is 9.30. The zero-order valence-electron chi connectivity index (χ0n) is 11.1. The fourth-order valence-corrected chi connectivity index (χ4v) is 1.69. The van der Waals surface area contributed by atoms with Gasteiger partial charge in [0, 0.05) is 17.8 Å². The zero-order chi connectivity index (χ0) is 12.6. The Hall–Kier alpha value is -0.0500. The van der Waals surface area contributed by atoms with Crippen LogP contribution in [0.15, 0.2) is 0 Å². The number of hydrogen-bond acceptors (Lipinski definition) is 1. The highest BCUT2D eigenvalue weighted by molar-refractivity contribution is 9.09. The number of rotatable bonds is 8. The molecule has 3 heteroatoms. The summed E-state index contributed by atoms with van der Waals surface area (Å²) in [7, 11) is 0.